The van der Waals surface area contributed by atoms with Crippen LogP contribution in [-0.2, 0) is 10.5 Å². The van der Waals surface area contributed by atoms with E-state index in [4.69, 9.17) is 0 Å². The molecule has 2 aromatic rings. The number of nitrogens with one attached hydrogen (secondary N) is 1. The Morgan fingerprint density at radius 3 is 2.42 bits per heavy atom. The standard InChI is InChI=1S/C17H16N2O4S/c1-12(20)15-4-2-3-5-16(15)18-17(21)11-24-10-13-6-8-14(9-7-13)19(22)23/h2-9H,10-11H2,1H3,(H,18,21). The van der Waals surface area contributed by atoms with E-state index in [1.165, 1.54) is 30.8 Å². The van der Waals surface area contributed by atoms with Crippen molar-refractivity contribution in [2.75, 3.05) is 11.1 Å². The molecule has 124 valence electrons. The van der Waals surface area contributed by atoms with Crippen LogP contribution in [0.4, 0.5) is 11.4 Å². The zero-order chi connectivity index (χ0) is 17.5. The molecule has 1 N–H and O–H groups in total. The number of non-ortho nitro benzene ring substituents is 1. The van der Waals surface area contributed by atoms with Crippen molar-refractivity contribution in [1.29, 1.82) is 0 Å². The highest BCUT2D eigenvalue weighted by Crippen LogP contribution is 2.18. The van der Waals surface area contributed by atoms with Crippen LogP contribution in [0.2, 0.25) is 0 Å². The molecule has 0 saturated carbocycles. The fourth-order valence-electron chi connectivity index (χ4n) is 2.06. The van der Waals surface area contributed by atoms with E-state index in [-0.39, 0.29) is 23.1 Å². The normalized spacial score (nSPS) is 10.2. The van der Waals surface area contributed by atoms with Gasteiger partial charge in [0.15, 0.2) is 5.78 Å². The van der Waals surface area contributed by atoms with Crippen molar-refractivity contribution >= 4 is 34.8 Å². The number of anilines is 1. The topological polar surface area (TPSA) is 89.3 Å². The van der Waals surface area contributed by atoms with Gasteiger partial charge in [-0.15, -0.1) is 11.8 Å². The van der Waals surface area contributed by atoms with Gasteiger partial charge in [-0.2, -0.15) is 0 Å². The van der Waals surface area contributed by atoms with Crippen LogP contribution in [0.25, 0.3) is 0 Å². The van der Waals surface area contributed by atoms with Gasteiger partial charge >= 0.3 is 0 Å². The van der Waals surface area contributed by atoms with Gasteiger partial charge in [0, 0.05) is 23.4 Å². The molecule has 0 aliphatic heterocycles. The molecule has 7 heteroatoms. The van der Waals surface area contributed by atoms with E-state index in [1.54, 1.807) is 36.4 Å². The summed E-state index contributed by atoms with van der Waals surface area (Å²) in [5, 5.41) is 13.3. The summed E-state index contributed by atoms with van der Waals surface area (Å²) in [6.45, 7) is 1.45. The molecule has 2 rings (SSSR count). The fraction of sp³-hybridized carbons (Fsp3) is 0.176. The lowest BCUT2D eigenvalue weighted by molar-refractivity contribution is -0.384. The number of nitro groups is 1. The number of rotatable bonds is 7. The number of para-hydroxylation sites is 1. The van der Waals surface area contributed by atoms with E-state index in [0.29, 0.717) is 17.0 Å². The van der Waals surface area contributed by atoms with E-state index in [2.05, 4.69) is 5.32 Å². The van der Waals surface area contributed by atoms with E-state index >= 15 is 0 Å². The van der Waals surface area contributed by atoms with Crippen LogP contribution < -0.4 is 5.32 Å². The van der Waals surface area contributed by atoms with Gasteiger partial charge in [-0.3, -0.25) is 19.7 Å². The van der Waals surface area contributed by atoms with Crippen LogP contribution >= 0.6 is 11.8 Å². The Balaban J connectivity index is 1.85. The summed E-state index contributed by atoms with van der Waals surface area (Å²) < 4.78 is 0. The largest absolute Gasteiger partial charge is 0.325 e. The second-order valence-electron chi connectivity index (χ2n) is 5.07. The summed E-state index contributed by atoms with van der Waals surface area (Å²) in [5.74, 6) is 0.489. The molecule has 24 heavy (non-hydrogen) atoms. The predicted octanol–water partition coefficient (Wildman–Crippen LogP) is 3.67. The number of nitro benzene ring substituents is 1. The van der Waals surface area contributed by atoms with Crippen LogP contribution in [0.15, 0.2) is 48.5 Å². The summed E-state index contributed by atoms with van der Waals surface area (Å²) in [4.78, 5) is 33.6. The molecule has 0 radical (unpaired) electrons. The number of benzene rings is 2. The zero-order valence-electron chi connectivity index (χ0n) is 13.0. The van der Waals surface area contributed by atoms with Crippen molar-refractivity contribution < 1.29 is 14.5 Å². The Bertz CT molecular complexity index is 759. The molecule has 1 amide bonds. The maximum Gasteiger partial charge on any atom is 0.269 e. The van der Waals surface area contributed by atoms with Gasteiger partial charge in [-0.05, 0) is 24.6 Å². The maximum absolute atomic E-state index is 12.0. The molecule has 0 unspecified atom stereocenters. The summed E-state index contributed by atoms with van der Waals surface area (Å²) in [5.41, 5.74) is 1.93. The number of carbonyl (C=O) groups is 2. The Kier molecular flexibility index (Phi) is 6.08. The first-order valence-electron chi connectivity index (χ1n) is 7.18. The predicted molar refractivity (Wildman–Crippen MR) is 94.3 cm³/mol. The number of ketones is 1. The van der Waals surface area contributed by atoms with Gasteiger partial charge in [0.25, 0.3) is 5.69 Å². The molecule has 0 aromatic heterocycles. The molecule has 2 aromatic carbocycles. The minimum atomic E-state index is -0.448. The number of hydrogen-bond donors (Lipinski definition) is 1. The van der Waals surface area contributed by atoms with Crippen molar-refractivity contribution in [1.82, 2.24) is 0 Å². The zero-order valence-corrected chi connectivity index (χ0v) is 13.8. The van der Waals surface area contributed by atoms with E-state index in [0.717, 1.165) is 5.56 Å². The van der Waals surface area contributed by atoms with E-state index < -0.39 is 4.92 Å². The summed E-state index contributed by atoms with van der Waals surface area (Å²) in [6, 6.07) is 13.1. The van der Waals surface area contributed by atoms with Crippen molar-refractivity contribution in [3.05, 3.63) is 69.8 Å². The molecule has 0 fully saturated rings. The minimum absolute atomic E-state index is 0.0438. The number of carbonyl (C=O) groups excluding carboxylic acids is 2. The average Bonchev–Trinajstić information content (AvgIpc) is 2.55. The molecule has 0 aliphatic carbocycles. The van der Waals surface area contributed by atoms with E-state index in [9.17, 15) is 19.7 Å². The lowest BCUT2D eigenvalue weighted by atomic mass is 10.1. The first kappa shape index (κ1) is 17.7. The summed E-state index contributed by atoms with van der Waals surface area (Å²) >= 11 is 1.40. The molecular formula is C17H16N2O4S. The maximum atomic E-state index is 12.0. The SMILES string of the molecule is CC(=O)c1ccccc1NC(=O)CSCc1ccc([N+](=O)[O-])cc1. The average molecular weight is 344 g/mol. The Morgan fingerprint density at radius 1 is 1.12 bits per heavy atom. The van der Waals surface area contributed by atoms with Gasteiger partial charge in [-0.25, -0.2) is 0 Å². The molecular weight excluding hydrogens is 328 g/mol. The lowest BCUT2D eigenvalue weighted by Crippen LogP contribution is -2.16. The Hall–Kier alpha value is -2.67. The molecule has 0 heterocycles. The highest BCUT2D eigenvalue weighted by atomic mass is 32.2. The van der Waals surface area contributed by atoms with Gasteiger partial charge < -0.3 is 5.32 Å². The van der Waals surface area contributed by atoms with Crippen molar-refractivity contribution in [3.63, 3.8) is 0 Å². The molecule has 0 bridgehead atoms. The summed E-state index contributed by atoms with van der Waals surface area (Å²) in [7, 11) is 0. The summed E-state index contributed by atoms with van der Waals surface area (Å²) in [6.07, 6.45) is 0. The molecule has 6 nitrogen and oxygen atoms in total. The number of amides is 1. The van der Waals surface area contributed by atoms with Crippen LogP contribution in [0.3, 0.4) is 0 Å². The van der Waals surface area contributed by atoms with Gasteiger partial charge in [0.1, 0.15) is 0 Å². The molecule has 0 saturated heterocycles. The fourth-order valence-corrected chi connectivity index (χ4v) is 2.85. The molecule has 0 aliphatic rings. The first-order valence-corrected chi connectivity index (χ1v) is 8.33. The highest BCUT2D eigenvalue weighted by Gasteiger charge is 2.10. The highest BCUT2D eigenvalue weighted by molar-refractivity contribution is 7.99. The molecule has 0 atom stereocenters. The van der Waals surface area contributed by atoms with Gasteiger partial charge in [0.2, 0.25) is 5.91 Å². The number of Topliss-reactive ketones (excluding diaryl/α,β-unsaturated/α-hetero) is 1. The number of nitrogens with zero attached hydrogens (tertiary/aromatic N) is 1. The minimum Gasteiger partial charge on any atom is -0.325 e. The number of hydrogen-bond acceptors (Lipinski definition) is 5. The third kappa shape index (κ3) is 4.92. The molecule has 0 spiro atoms. The third-order valence-corrected chi connectivity index (χ3v) is 4.23. The van der Waals surface area contributed by atoms with Crippen LogP contribution in [0.1, 0.15) is 22.8 Å². The van der Waals surface area contributed by atoms with Crippen molar-refractivity contribution in [3.8, 4) is 0 Å². The van der Waals surface area contributed by atoms with Crippen LogP contribution in [-0.4, -0.2) is 22.4 Å². The van der Waals surface area contributed by atoms with E-state index in [1.807, 2.05) is 0 Å². The Morgan fingerprint density at radius 2 is 1.79 bits per heavy atom. The van der Waals surface area contributed by atoms with Crippen molar-refractivity contribution in [2.24, 2.45) is 0 Å². The quantitative estimate of drug-likeness (QED) is 0.470. The first-order chi connectivity index (χ1) is 11.5. The number of thioether (sulfide) groups is 1. The monoisotopic (exact) mass is 344 g/mol. The second-order valence-corrected chi connectivity index (χ2v) is 6.05. The van der Waals surface area contributed by atoms with Crippen LogP contribution in [0, 0.1) is 10.1 Å². The van der Waals surface area contributed by atoms with Crippen LogP contribution in [0.5, 0.6) is 0 Å². The van der Waals surface area contributed by atoms with Crippen molar-refractivity contribution in [2.45, 2.75) is 12.7 Å². The lowest BCUT2D eigenvalue weighted by Gasteiger charge is -2.08. The van der Waals surface area contributed by atoms with Gasteiger partial charge in [0.05, 0.1) is 16.4 Å². The third-order valence-electron chi connectivity index (χ3n) is 3.23. The Labute approximate surface area is 143 Å². The smallest absolute Gasteiger partial charge is 0.269 e. The van der Waals surface area contributed by atoms with Gasteiger partial charge in [-0.1, -0.05) is 24.3 Å². The second kappa shape index (κ2) is 8.26.